The fourth-order valence-electron chi connectivity index (χ4n) is 1.72. The highest BCUT2D eigenvalue weighted by Crippen LogP contribution is 2.25. The number of aryl methyl sites for hydroxylation is 1. The molecule has 1 aromatic rings. The monoisotopic (exact) mass is 313 g/mol. The molecule has 0 saturated heterocycles. The number of rotatable bonds is 3. The summed E-state index contributed by atoms with van der Waals surface area (Å²) in [7, 11) is -3.83. The lowest BCUT2D eigenvalue weighted by atomic mass is 9.87. The van der Waals surface area contributed by atoms with Crippen LogP contribution in [0.1, 0.15) is 31.9 Å². The number of anilines is 1. The van der Waals surface area contributed by atoms with Crippen LogP contribution in [0.15, 0.2) is 17.0 Å². The average molecular weight is 313 g/mol. The lowest BCUT2D eigenvalue weighted by molar-refractivity contribution is -0.119. The van der Waals surface area contributed by atoms with Gasteiger partial charge in [0, 0.05) is 5.69 Å². The molecule has 0 fully saturated rings. The normalized spacial score (nSPS) is 13.9. The lowest BCUT2D eigenvalue weighted by Gasteiger charge is -2.26. The van der Waals surface area contributed by atoms with Crippen LogP contribution in [0.25, 0.3) is 0 Å². The van der Waals surface area contributed by atoms with Gasteiger partial charge in [0.2, 0.25) is 15.9 Å². The molecule has 1 aromatic carbocycles. The summed E-state index contributed by atoms with van der Waals surface area (Å²) in [5, 5.41) is 7.83. The van der Waals surface area contributed by atoms with E-state index in [-0.39, 0.29) is 10.8 Å². The lowest BCUT2D eigenvalue weighted by Crippen LogP contribution is -2.45. The van der Waals surface area contributed by atoms with E-state index in [1.54, 1.807) is 13.8 Å². The van der Waals surface area contributed by atoms with Crippen LogP contribution in [0.2, 0.25) is 0 Å². The standard InChI is InChI=1S/C14H23N3O3S/c1-8-6-10(21(16,19)20)7-11(9(8)2)17-13(18)12(15)14(3,4)5/h6-7,12H,15H2,1-5H3,(H,17,18)(H2,16,19,20). The first kappa shape index (κ1) is 17.6. The zero-order valence-electron chi connectivity index (χ0n) is 13.0. The fraction of sp³-hybridized carbons (Fsp3) is 0.500. The van der Waals surface area contributed by atoms with Crippen molar-refractivity contribution in [3.8, 4) is 0 Å². The highest BCUT2D eigenvalue weighted by molar-refractivity contribution is 7.89. The maximum atomic E-state index is 12.2. The van der Waals surface area contributed by atoms with Gasteiger partial charge in [-0.25, -0.2) is 13.6 Å². The van der Waals surface area contributed by atoms with E-state index in [0.717, 1.165) is 11.1 Å². The molecule has 0 aliphatic rings. The maximum Gasteiger partial charge on any atom is 0.241 e. The van der Waals surface area contributed by atoms with Crippen molar-refractivity contribution in [1.82, 2.24) is 0 Å². The molecule has 1 unspecified atom stereocenters. The highest BCUT2D eigenvalue weighted by Gasteiger charge is 2.28. The maximum absolute atomic E-state index is 12.2. The Morgan fingerprint density at radius 1 is 1.24 bits per heavy atom. The van der Waals surface area contributed by atoms with E-state index < -0.39 is 21.5 Å². The number of nitrogens with two attached hydrogens (primary N) is 2. The van der Waals surface area contributed by atoms with Crippen molar-refractivity contribution in [3.05, 3.63) is 23.3 Å². The number of carbonyl (C=O) groups is 1. The number of hydrogen-bond donors (Lipinski definition) is 3. The van der Waals surface area contributed by atoms with Crippen LogP contribution in [0.3, 0.4) is 0 Å². The summed E-state index contributed by atoms with van der Waals surface area (Å²) in [5.74, 6) is -0.364. The number of benzene rings is 1. The molecule has 0 bridgehead atoms. The Kier molecular flexibility index (Phi) is 4.82. The molecule has 21 heavy (non-hydrogen) atoms. The van der Waals surface area contributed by atoms with Gasteiger partial charge >= 0.3 is 0 Å². The predicted molar refractivity (Wildman–Crippen MR) is 83.3 cm³/mol. The minimum absolute atomic E-state index is 0.0368. The molecule has 7 heteroatoms. The van der Waals surface area contributed by atoms with E-state index in [9.17, 15) is 13.2 Å². The highest BCUT2D eigenvalue weighted by atomic mass is 32.2. The van der Waals surface area contributed by atoms with E-state index in [2.05, 4.69) is 5.32 Å². The molecule has 0 spiro atoms. The summed E-state index contributed by atoms with van der Waals surface area (Å²) >= 11 is 0. The first-order valence-corrected chi connectivity index (χ1v) is 8.09. The Hall–Kier alpha value is -1.44. The fourth-order valence-corrected chi connectivity index (χ4v) is 2.35. The van der Waals surface area contributed by atoms with Crippen LogP contribution >= 0.6 is 0 Å². The minimum atomic E-state index is -3.83. The van der Waals surface area contributed by atoms with E-state index in [4.69, 9.17) is 10.9 Å². The van der Waals surface area contributed by atoms with Crippen molar-refractivity contribution in [1.29, 1.82) is 0 Å². The molecule has 5 N–H and O–H groups in total. The van der Waals surface area contributed by atoms with Gasteiger partial charge < -0.3 is 11.1 Å². The van der Waals surface area contributed by atoms with Crippen LogP contribution in [0.5, 0.6) is 0 Å². The van der Waals surface area contributed by atoms with Crippen molar-refractivity contribution < 1.29 is 13.2 Å². The Bertz CT molecular complexity index is 661. The minimum Gasteiger partial charge on any atom is -0.324 e. The van der Waals surface area contributed by atoms with E-state index >= 15 is 0 Å². The molecule has 1 atom stereocenters. The Balaban J connectivity index is 3.20. The zero-order valence-corrected chi connectivity index (χ0v) is 13.8. The summed E-state index contributed by atoms with van der Waals surface area (Å²) in [6, 6.07) is 2.12. The van der Waals surface area contributed by atoms with Gasteiger partial charge in [-0.15, -0.1) is 0 Å². The number of hydrogen-bond acceptors (Lipinski definition) is 4. The second kappa shape index (κ2) is 5.75. The van der Waals surface area contributed by atoms with Gasteiger partial charge in [0.15, 0.2) is 0 Å². The average Bonchev–Trinajstić information content (AvgIpc) is 2.31. The van der Waals surface area contributed by atoms with E-state index in [1.807, 2.05) is 20.8 Å². The molecule has 0 heterocycles. The second-order valence-electron chi connectivity index (χ2n) is 6.29. The number of carbonyl (C=O) groups excluding carboxylic acids is 1. The first-order chi connectivity index (χ1) is 9.34. The molecule has 0 aromatic heterocycles. The Morgan fingerprint density at radius 2 is 1.76 bits per heavy atom. The summed E-state index contributed by atoms with van der Waals surface area (Å²) in [4.78, 5) is 12.1. The summed E-state index contributed by atoms with van der Waals surface area (Å²) < 4.78 is 22.9. The molecule has 0 radical (unpaired) electrons. The number of sulfonamides is 1. The Morgan fingerprint density at radius 3 is 2.19 bits per heavy atom. The van der Waals surface area contributed by atoms with Crippen molar-refractivity contribution in [2.45, 2.75) is 45.6 Å². The van der Waals surface area contributed by atoms with Gasteiger partial charge in [0.1, 0.15) is 0 Å². The SMILES string of the molecule is Cc1cc(S(N)(=O)=O)cc(NC(=O)C(N)C(C)(C)C)c1C. The van der Waals surface area contributed by atoms with Crippen LogP contribution in [-0.2, 0) is 14.8 Å². The molecule has 0 saturated carbocycles. The van der Waals surface area contributed by atoms with Crippen LogP contribution in [0, 0.1) is 19.3 Å². The molecule has 1 amide bonds. The smallest absolute Gasteiger partial charge is 0.241 e. The van der Waals surface area contributed by atoms with Crippen LogP contribution in [0.4, 0.5) is 5.69 Å². The third kappa shape index (κ3) is 4.26. The van der Waals surface area contributed by atoms with E-state index in [1.165, 1.54) is 12.1 Å². The van der Waals surface area contributed by atoms with Crippen molar-refractivity contribution in [2.24, 2.45) is 16.3 Å². The quantitative estimate of drug-likeness (QED) is 0.779. The van der Waals surface area contributed by atoms with Gasteiger partial charge in [-0.05, 0) is 42.5 Å². The van der Waals surface area contributed by atoms with Gasteiger partial charge in [0.25, 0.3) is 0 Å². The first-order valence-electron chi connectivity index (χ1n) is 6.54. The molecule has 6 nitrogen and oxygen atoms in total. The molecular formula is C14H23N3O3S. The predicted octanol–water partition coefficient (Wildman–Crippen LogP) is 1.26. The third-order valence-electron chi connectivity index (χ3n) is 3.44. The number of nitrogens with one attached hydrogen (secondary N) is 1. The molecule has 0 aliphatic heterocycles. The van der Waals surface area contributed by atoms with Crippen molar-refractivity contribution >= 4 is 21.6 Å². The van der Waals surface area contributed by atoms with Gasteiger partial charge in [-0.1, -0.05) is 20.8 Å². The zero-order chi connectivity index (χ0) is 16.6. The van der Waals surface area contributed by atoms with Crippen LogP contribution < -0.4 is 16.2 Å². The summed E-state index contributed by atoms with van der Waals surface area (Å²) in [5.41, 5.74) is 7.41. The number of amides is 1. The molecule has 1 rings (SSSR count). The van der Waals surface area contributed by atoms with E-state index in [0.29, 0.717) is 5.69 Å². The molecule has 118 valence electrons. The van der Waals surface area contributed by atoms with Gasteiger partial charge in [-0.3, -0.25) is 4.79 Å². The van der Waals surface area contributed by atoms with Crippen LogP contribution in [-0.4, -0.2) is 20.4 Å². The third-order valence-corrected chi connectivity index (χ3v) is 4.34. The Labute approximate surface area is 126 Å². The topological polar surface area (TPSA) is 115 Å². The van der Waals surface area contributed by atoms with Gasteiger partial charge in [0.05, 0.1) is 10.9 Å². The number of primary sulfonamides is 1. The van der Waals surface area contributed by atoms with Crippen molar-refractivity contribution in [3.63, 3.8) is 0 Å². The van der Waals surface area contributed by atoms with Gasteiger partial charge in [-0.2, -0.15) is 0 Å². The molecule has 0 aliphatic carbocycles. The second-order valence-corrected chi connectivity index (χ2v) is 7.85. The van der Waals surface area contributed by atoms with Crippen molar-refractivity contribution in [2.75, 3.05) is 5.32 Å². The summed E-state index contributed by atoms with van der Waals surface area (Å²) in [6.07, 6.45) is 0. The summed E-state index contributed by atoms with van der Waals surface area (Å²) in [6.45, 7) is 9.12. The molecular weight excluding hydrogens is 290 g/mol. The largest absolute Gasteiger partial charge is 0.324 e.